The zero-order valence-corrected chi connectivity index (χ0v) is 48.3. The molecule has 0 radical (unpaired) electrons. The average molecular weight is 1090 g/mol. The van der Waals surface area contributed by atoms with Crippen LogP contribution < -0.4 is 9.80 Å². The number of hydrogen-bond acceptors (Lipinski definition) is 2. The van der Waals surface area contributed by atoms with Gasteiger partial charge in [-0.15, -0.1) is 38.5 Å². The number of para-hydroxylation sites is 3. The van der Waals surface area contributed by atoms with E-state index in [1.807, 2.05) is 60.7 Å². The summed E-state index contributed by atoms with van der Waals surface area (Å²) in [6, 6.07) is 81.2. The van der Waals surface area contributed by atoms with Crippen LogP contribution in [0.2, 0.25) is 0 Å². The summed E-state index contributed by atoms with van der Waals surface area (Å²) in [6.45, 7) is 9.47. The first-order chi connectivity index (χ1) is 41.9. The Morgan fingerprint density at radius 2 is 0.628 bits per heavy atom. The van der Waals surface area contributed by atoms with E-state index in [4.69, 9.17) is 38.5 Å². The summed E-state index contributed by atoms with van der Waals surface area (Å²) < 4.78 is 0. The van der Waals surface area contributed by atoms with Crippen molar-refractivity contribution in [2.24, 2.45) is 0 Å². The van der Waals surface area contributed by atoms with Crippen molar-refractivity contribution in [2.75, 3.05) is 9.80 Å². The fourth-order valence-electron chi connectivity index (χ4n) is 13.3. The standard InChI is InChI=1S/C84H56N2/c1-11-55-29-26-38-70(67(55)14-4)60-47-59(58-41-44-73(71-39-27-30-56(12-2)68(71)15-5)76(50-58)72-40-28-31-57(13-3)69(72)16-6)48-66(49-60)86(63-36-24-19-25-37-63)65-43-46-75-78-54-81-77(53-82(78)84(9,10)80(75)52-65)74-45-42-64(51-79(74)83(81,7)8)85(61-32-20-17-21-33-61)62-34-22-18-23-35-62/h1-6,17-54H,7-10H3. The van der Waals surface area contributed by atoms with Gasteiger partial charge >= 0.3 is 0 Å². The van der Waals surface area contributed by atoms with Crippen LogP contribution in [-0.2, 0) is 10.8 Å². The van der Waals surface area contributed by atoms with Gasteiger partial charge in [0.15, 0.2) is 0 Å². The minimum atomic E-state index is -0.363. The lowest BCUT2D eigenvalue weighted by Crippen LogP contribution is -2.18. The fourth-order valence-corrected chi connectivity index (χ4v) is 13.3. The van der Waals surface area contributed by atoms with Gasteiger partial charge < -0.3 is 9.80 Å². The molecule has 2 aliphatic rings. The van der Waals surface area contributed by atoms with Crippen molar-refractivity contribution in [2.45, 2.75) is 38.5 Å². The van der Waals surface area contributed by atoms with Crippen LogP contribution >= 0.6 is 0 Å². The van der Waals surface area contributed by atoms with Gasteiger partial charge in [-0.1, -0.05) is 178 Å². The van der Waals surface area contributed by atoms with E-state index in [0.717, 1.165) is 78.6 Å². The summed E-state index contributed by atoms with van der Waals surface area (Å²) >= 11 is 0. The van der Waals surface area contributed by atoms with Gasteiger partial charge in [0.25, 0.3) is 0 Å². The Hall–Kier alpha value is -11.6. The van der Waals surface area contributed by atoms with Gasteiger partial charge in [-0.3, -0.25) is 0 Å². The molecular formula is C84H56N2. The van der Waals surface area contributed by atoms with Gasteiger partial charge in [0.2, 0.25) is 0 Å². The highest BCUT2D eigenvalue weighted by atomic mass is 15.1. The van der Waals surface area contributed by atoms with Crippen molar-refractivity contribution in [1.82, 2.24) is 0 Å². The van der Waals surface area contributed by atoms with Crippen LogP contribution in [0, 0.1) is 74.1 Å². The summed E-state index contributed by atoms with van der Waals surface area (Å²) in [5.74, 6) is 17.2. The Bertz CT molecular complexity index is 4830. The molecule has 0 heterocycles. The second-order valence-electron chi connectivity index (χ2n) is 22.9. The molecule has 0 atom stereocenters. The SMILES string of the molecule is C#Cc1cccc(-c2cc(-c3ccc(-c4cccc(C#C)c4C#C)c(-c4cccc(C#C)c4C#C)c3)cc(N(c3ccccc3)c3ccc4c(c3)C(C)(C)c3cc5c(cc3-4)C(C)(C)c3cc(N(c4ccccc4)c4ccccc4)ccc3-5)c2)c1C#C. The Kier molecular flexibility index (Phi) is 13.3. The molecule has 11 aromatic carbocycles. The minimum Gasteiger partial charge on any atom is -0.310 e. The first kappa shape index (κ1) is 53.7. The molecule has 86 heavy (non-hydrogen) atoms. The molecule has 0 aliphatic heterocycles. The number of fused-ring (bicyclic) bond motifs is 6. The van der Waals surface area contributed by atoms with E-state index >= 15 is 0 Å². The Balaban J connectivity index is 0.973. The third-order valence-corrected chi connectivity index (χ3v) is 17.5. The zero-order chi connectivity index (χ0) is 59.4. The topological polar surface area (TPSA) is 6.48 Å². The third kappa shape index (κ3) is 8.74. The lowest BCUT2D eigenvalue weighted by Gasteiger charge is -2.29. The van der Waals surface area contributed by atoms with Crippen LogP contribution in [0.5, 0.6) is 0 Å². The first-order valence-electron chi connectivity index (χ1n) is 28.6. The number of benzene rings is 11. The fraction of sp³-hybridized carbons (Fsp3) is 0.0714. The number of nitrogens with zero attached hydrogens (tertiary/aromatic N) is 2. The number of hydrogen-bond donors (Lipinski definition) is 0. The monoisotopic (exact) mass is 1090 g/mol. The van der Waals surface area contributed by atoms with Crippen LogP contribution in [0.1, 0.15) is 83.3 Å². The van der Waals surface area contributed by atoms with Gasteiger partial charge in [-0.2, -0.15) is 0 Å². The van der Waals surface area contributed by atoms with Crippen LogP contribution in [0.15, 0.2) is 231 Å². The Labute approximate surface area is 506 Å². The second kappa shape index (κ2) is 21.3. The summed E-state index contributed by atoms with van der Waals surface area (Å²) in [5.41, 5.74) is 26.3. The maximum atomic E-state index is 6.37. The maximum absolute atomic E-state index is 6.37. The molecule has 0 aromatic heterocycles. The van der Waals surface area contributed by atoms with Crippen molar-refractivity contribution in [3.05, 3.63) is 286 Å². The van der Waals surface area contributed by atoms with Gasteiger partial charge in [0.1, 0.15) is 0 Å². The van der Waals surface area contributed by atoms with Crippen molar-refractivity contribution >= 4 is 34.1 Å². The van der Waals surface area contributed by atoms with Gasteiger partial charge in [0, 0.05) is 78.3 Å². The zero-order valence-electron chi connectivity index (χ0n) is 48.3. The van der Waals surface area contributed by atoms with Gasteiger partial charge in [-0.25, -0.2) is 0 Å². The highest BCUT2D eigenvalue weighted by Crippen LogP contribution is 2.58. The molecule has 402 valence electrons. The van der Waals surface area contributed by atoms with E-state index in [-0.39, 0.29) is 10.8 Å². The largest absolute Gasteiger partial charge is 0.310 e. The van der Waals surface area contributed by atoms with Gasteiger partial charge in [-0.05, 0) is 204 Å². The molecule has 2 aliphatic carbocycles. The molecule has 0 N–H and O–H groups in total. The number of terminal acetylenes is 6. The predicted octanol–water partition coefficient (Wildman–Crippen LogP) is 19.8. The van der Waals surface area contributed by atoms with Crippen LogP contribution in [0.25, 0.3) is 66.8 Å². The van der Waals surface area contributed by atoms with Crippen molar-refractivity contribution < 1.29 is 0 Å². The predicted molar refractivity (Wildman–Crippen MR) is 360 cm³/mol. The van der Waals surface area contributed by atoms with E-state index in [1.54, 1.807) is 0 Å². The van der Waals surface area contributed by atoms with Gasteiger partial charge in [0.05, 0.1) is 0 Å². The van der Waals surface area contributed by atoms with Crippen LogP contribution in [0.4, 0.5) is 34.1 Å². The van der Waals surface area contributed by atoms with E-state index < -0.39 is 0 Å². The highest BCUT2D eigenvalue weighted by Gasteiger charge is 2.42. The van der Waals surface area contributed by atoms with Crippen LogP contribution in [-0.4, -0.2) is 0 Å². The summed E-state index contributed by atoms with van der Waals surface area (Å²) in [6.07, 6.45) is 37.3. The molecule has 0 saturated heterocycles. The molecule has 0 amide bonds. The molecule has 0 spiro atoms. The highest BCUT2D eigenvalue weighted by molar-refractivity contribution is 5.96. The molecule has 0 saturated carbocycles. The third-order valence-electron chi connectivity index (χ3n) is 17.5. The summed E-state index contributed by atoms with van der Waals surface area (Å²) in [7, 11) is 0. The van der Waals surface area contributed by atoms with E-state index in [2.05, 4.69) is 243 Å². The maximum Gasteiger partial charge on any atom is 0.0477 e. The normalized spacial score (nSPS) is 12.5. The molecule has 0 bridgehead atoms. The molecule has 2 nitrogen and oxygen atoms in total. The summed E-state index contributed by atoms with van der Waals surface area (Å²) in [4.78, 5) is 4.69. The lowest BCUT2D eigenvalue weighted by molar-refractivity contribution is 0.652. The van der Waals surface area contributed by atoms with Crippen LogP contribution in [0.3, 0.4) is 0 Å². The minimum absolute atomic E-state index is 0.276. The van der Waals surface area contributed by atoms with Crippen molar-refractivity contribution in [3.8, 4) is 141 Å². The molecule has 0 fully saturated rings. The molecule has 11 aromatic rings. The Morgan fingerprint density at radius 3 is 1.07 bits per heavy atom. The Morgan fingerprint density at radius 1 is 0.244 bits per heavy atom. The first-order valence-corrected chi connectivity index (χ1v) is 28.6. The van der Waals surface area contributed by atoms with Crippen molar-refractivity contribution in [3.63, 3.8) is 0 Å². The average Bonchev–Trinajstić information content (AvgIpc) is 1.55. The summed E-state index contributed by atoms with van der Waals surface area (Å²) in [5, 5.41) is 0. The lowest BCUT2D eigenvalue weighted by atomic mass is 9.79. The number of rotatable bonds is 10. The van der Waals surface area contributed by atoms with Crippen molar-refractivity contribution in [1.29, 1.82) is 0 Å². The number of anilines is 6. The molecule has 13 rings (SSSR count). The quantitative estimate of drug-likeness (QED) is 0.126. The second-order valence-corrected chi connectivity index (χ2v) is 22.9. The smallest absolute Gasteiger partial charge is 0.0477 e. The molecular weight excluding hydrogens is 1040 g/mol. The molecule has 0 unspecified atom stereocenters. The van der Waals surface area contributed by atoms with E-state index in [0.29, 0.717) is 33.4 Å². The van der Waals surface area contributed by atoms with E-state index in [9.17, 15) is 0 Å². The molecule has 2 heteroatoms. The van der Waals surface area contributed by atoms with E-state index in [1.165, 1.54) is 44.5 Å².